The first-order valence-corrected chi connectivity index (χ1v) is 7.18. The maximum Gasteiger partial charge on any atom is 0.188 e. The minimum atomic E-state index is -0.449. The number of nitrogens with zero attached hydrogens (tertiary/aromatic N) is 3. The highest BCUT2D eigenvalue weighted by molar-refractivity contribution is 7.66. The smallest absolute Gasteiger partial charge is 0.188 e. The lowest BCUT2D eigenvalue weighted by atomic mass is 10.2. The average Bonchev–Trinajstić information content (AvgIpc) is 2.72. The highest BCUT2D eigenvalue weighted by Gasteiger charge is 2.05. The van der Waals surface area contributed by atoms with Crippen molar-refractivity contribution in [1.82, 2.24) is 4.37 Å². The minimum Gasteiger partial charge on any atom is -0.206 e. The Morgan fingerprint density at radius 3 is 2.76 bits per heavy atom. The van der Waals surface area contributed by atoms with Gasteiger partial charge in [0.15, 0.2) is 15.0 Å². The van der Waals surface area contributed by atoms with E-state index < -0.39 is 5.82 Å². The van der Waals surface area contributed by atoms with Crippen LogP contribution in [-0.4, -0.2) is 9.54 Å². The SMILES string of the molecule is Fc1ccccc1/C(Cl)=N/N=c1\ssnc1Cl. The van der Waals surface area contributed by atoms with Crippen LogP contribution in [-0.2, 0) is 0 Å². The average molecular weight is 308 g/mol. The van der Waals surface area contributed by atoms with Crippen molar-refractivity contribution in [3.8, 4) is 0 Å². The summed E-state index contributed by atoms with van der Waals surface area (Å²) in [5.41, 5.74) is 0.197. The van der Waals surface area contributed by atoms with Crippen LogP contribution in [0, 0.1) is 5.82 Å². The van der Waals surface area contributed by atoms with Crippen LogP contribution >= 0.6 is 44.1 Å². The highest BCUT2D eigenvalue weighted by atomic mass is 35.5. The van der Waals surface area contributed by atoms with Crippen LogP contribution in [0.3, 0.4) is 0 Å². The Morgan fingerprint density at radius 2 is 2.12 bits per heavy atom. The molecule has 3 nitrogen and oxygen atoms in total. The summed E-state index contributed by atoms with van der Waals surface area (Å²) in [5.74, 6) is -0.449. The summed E-state index contributed by atoms with van der Waals surface area (Å²) in [6.07, 6.45) is 0. The molecule has 1 aromatic heterocycles. The summed E-state index contributed by atoms with van der Waals surface area (Å²) >= 11 is 11.6. The van der Waals surface area contributed by atoms with E-state index in [0.29, 0.717) is 4.67 Å². The fourth-order valence-electron chi connectivity index (χ4n) is 0.990. The number of hydrogen-bond acceptors (Lipinski definition) is 5. The zero-order valence-corrected chi connectivity index (χ0v) is 11.2. The molecule has 17 heavy (non-hydrogen) atoms. The molecular formula is C9H4Cl2FN3S2. The van der Waals surface area contributed by atoms with Crippen LogP contribution in [0.1, 0.15) is 5.56 Å². The van der Waals surface area contributed by atoms with Crippen molar-refractivity contribution >= 4 is 49.2 Å². The van der Waals surface area contributed by atoms with Crippen LogP contribution in [0.4, 0.5) is 4.39 Å². The van der Waals surface area contributed by atoms with E-state index in [9.17, 15) is 4.39 Å². The summed E-state index contributed by atoms with van der Waals surface area (Å²) in [4.78, 5) is 0. The zero-order chi connectivity index (χ0) is 12.3. The molecule has 0 atom stereocenters. The third-order valence-corrected chi connectivity index (χ3v) is 4.18. The van der Waals surface area contributed by atoms with E-state index in [2.05, 4.69) is 14.6 Å². The van der Waals surface area contributed by atoms with Crippen molar-refractivity contribution in [2.24, 2.45) is 10.2 Å². The zero-order valence-electron chi connectivity index (χ0n) is 8.10. The van der Waals surface area contributed by atoms with Gasteiger partial charge in [-0.2, -0.15) is 4.37 Å². The van der Waals surface area contributed by atoms with Gasteiger partial charge in [0.05, 0.1) is 0 Å². The van der Waals surface area contributed by atoms with Gasteiger partial charge in [-0.25, -0.2) is 4.39 Å². The van der Waals surface area contributed by atoms with E-state index in [4.69, 9.17) is 23.2 Å². The van der Waals surface area contributed by atoms with E-state index in [-0.39, 0.29) is 15.9 Å². The van der Waals surface area contributed by atoms with E-state index >= 15 is 0 Å². The lowest BCUT2D eigenvalue weighted by Crippen LogP contribution is -1.97. The second-order valence-corrected chi connectivity index (χ2v) is 5.36. The molecule has 0 N–H and O–H groups in total. The van der Waals surface area contributed by atoms with E-state index in [1.807, 2.05) is 0 Å². The molecule has 0 aliphatic rings. The summed E-state index contributed by atoms with van der Waals surface area (Å²) in [6, 6.07) is 6.06. The van der Waals surface area contributed by atoms with Gasteiger partial charge >= 0.3 is 0 Å². The monoisotopic (exact) mass is 307 g/mol. The topological polar surface area (TPSA) is 37.6 Å². The van der Waals surface area contributed by atoms with Crippen molar-refractivity contribution in [2.75, 3.05) is 0 Å². The number of aromatic nitrogens is 1. The van der Waals surface area contributed by atoms with Crippen LogP contribution in [0.25, 0.3) is 0 Å². The minimum absolute atomic E-state index is 0.0300. The van der Waals surface area contributed by atoms with Crippen molar-refractivity contribution in [3.05, 3.63) is 45.5 Å². The van der Waals surface area contributed by atoms with Gasteiger partial charge in [-0.05, 0) is 22.5 Å². The van der Waals surface area contributed by atoms with Gasteiger partial charge in [0.2, 0.25) is 0 Å². The maximum absolute atomic E-state index is 13.3. The molecule has 0 spiro atoms. The molecule has 0 amide bonds. The summed E-state index contributed by atoms with van der Waals surface area (Å²) < 4.78 is 17.6. The van der Waals surface area contributed by atoms with Crippen molar-refractivity contribution in [2.45, 2.75) is 0 Å². The van der Waals surface area contributed by atoms with E-state index in [1.165, 1.54) is 33.0 Å². The molecule has 0 unspecified atom stereocenters. The van der Waals surface area contributed by atoms with Crippen LogP contribution in [0.5, 0.6) is 0 Å². The van der Waals surface area contributed by atoms with Crippen molar-refractivity contribution < 1.29 is 4.39 Å². The first kappa shape index (κ1) is 12.6. The Balaban J connectivity index is 2.37. The van der Waals surface area contributed by atoms with Gasteiger partial charge < -0.3 is 0 Å². The lowest BCUT2D eigenvalue weighted by molar-refractivity contribution is 0.625. The Bertz CT molecular complexity index is 620. The summed E-state index contributed by atoms with van der Waals surface area (Å²) in [7, 11) is 2.46. The predicted molar refractivity (Wildman–Crippen MR) is 69.4 cm³/mol. The first-order valence-electron chi connectivity index (χ1n) is 4.32. The molecule has 0 fully saturated rings. The van der Waals surface area contributed by atoms with Gasteiger partial charge in [-0.3, -0.25) is 0 Å². The Hall–Kier alpha value is -0.820. The first-order chi connectivity index (χ1) is 8.18. The summed E-state index contributed by atoms with van der Waals surface area (Å²) in [5, 5.41) is 7.76. The molecule has 2 rings (SSSR count). The molecule has 2 aromatic rings. The largest absolute Gasteiger partial charge is 0.206 e. The van der Waals surface area contributed by atoms with E-state index in [0.717, 1.165) is 0 Å². The predicted octanol–water partition coefficient (Wildman–Crippen LogP) is 3.50. The van der Waals surface area contributed by atoms with Crippen molar-refractivity contribution in [1.29, 1.82) is 0 Å². The molecular weight excluding hydrogens is 304 g/mol. The van der Waals surface area contributed by atoms with Crippen LogP contribution < -0.4 is 4.67 Å². The normalized spacial score (nSPS) is 13.1. The lowest BCUT2D eigenvalue weighted by Gasteiger charge is -1.96. The number of hydrogen-bond donors (Lipinski definition) is 0. The molecule has 0 saturated heterocycles. The number of benzene rings is 1. The van der Waals surface area contributed by atoms with Crippen LogP contribution in [0.15, 0.2) is 34.5 Å². The number of halogens is 3. The highest BCUT2D eigenvalue weighted by Crippen LogP contribution is 2.11. The molecule has 0 aliphatic heterocycles. The fourth-order valence-corrected chi connectivity index (χ4v) is 3.09. The van der Waals surface area contributed by atoms with Gasteiger partial charge in [-0.15, -0.1) is 10.2 Å². The molecule has 8 heteroatoms. The standard InChI is InChI=1S/C9H4Cl2FN3S2/c10-7(5-3-1-2-4-6(5)12)13-14-9-8(11)15-17-16-9/h1-4H/b13-7-,14-9-. The quantitative estimate of drug-likeness (QED) is 0.475. The Morgan fingerprint density at radius 1 is 1.35 bits per heavy atom. The Labute approximate surface area is 113 Å². The summed E-state index contributed by atoms with van der Waals surface area (Å²) in [6.45, 7) is 0. The Kier molecular flexibility index (Phi) is 4.22. The third-order valence-electron chi connectivity index (χ3n) is 1.73. The molecule has 0 radical (unpaired) electrons. The maximum atomic E-state index is 13.3. The second kappa shape index (κ2) is 5.68. The second-order valence-electron chi connectivity index (χ2n) is 2.82. The molecule has 1 aromatic carbocycles. The number of rotatable bonds is 2. The third kappa shape index (κ3) is 3.10. The molecule has 1 heterocycles. The molecule has 0 aliphatic carbocycles. The van der Waals surface area contributed by atoms with Gasteiger partial charge in [0.25, 0.3) is 0 Å². The fraction of sp³-hybridized carbons (Fsp3) is 0. The van der Waals surface area contributed by atoms with Crippen molar-refractivity contribution in [3.63, 3.8) is 0 Å². The molecule has 0 bridgehead atoms. The molecule has 0 saturated carbocycles. The van der Waals surface area contributed by atoms with Crippen LogP contribution in [0.2, 0.25) is 5.15 Å². The van der Waals surface area contributed by atoms with E-state index in [1.54, 1.807) is 12.1 Å². The van der Waals surface area contributed by atoms with Gasteiger partial charge in [0, 0.05) is 16.1 Å². The van der Waals surface area contributed by atoms with Gasteiger partial charge in [-0.1, -0.05) is 35.3 Å². The molecule has 88 valence electrons. The van der Waals surface area contributed by atoms with Gasteiger partial charge in [0.1, 0.15) is 5.82 Å².